The van der Waals surface area contributed by atoms with Crippen molar-refractivity contribution in [2.45, 2.75) is 70.9 Å². The number of hydrogen-bond donors (Lipinski definition) is 0. The van der Waals surface area contributed by atoms with E-state index >= 15 is 0 Å². The summed E-state index contributed by atoms with van der Waals surface area (Å²) in [6.45, 7) is 6.69. The quantitative estimate of drug-likeness (QED) is 0.661. The number of rotatable bonds is 7. The minimum Gasteiger partial charge on any atom is -0.378 e. The van der Waals surface area contributed by atoms with Gasteiger partial charge in [-0.25, -0.2) is 0 Å². The fourth-order valence-corrected chi connectivity index (χ4v) is 3.82. The lowest BCUT2D eigenvalue weighted by molar-refractivity contribution is -0.0236. The van der Waals surface area contributed by atoms with E-state index in [0.717, 1.165) is 6.42 Å². The predicted octanol–water partition coefficient (Wildman–Crippen LogP) is 4.19. The molecule has 4 nitrogen and oxygen atoms in total. The van der Waals surface area contributed by atoms with Gasteiger partial charge in [-0.3, -0.25) is 4.57 Å². The highest BCUT2D eigenvalue weighted by Gasteiger charge is 2.55. The molecule has 1 unspecified atom stereocenters. The van der Waals surface area contributed by atoms with E-state index in [1.54, 1.807) is 27.7 Å². The topological polar surface area (TPSA) is 44.8 Å². The fraction of sp³-hybridized carbons (Fsp3) is 1.00. The van der Waals surface area contributed by atoms with Crippen molar-refractivity contribution >= 4 is 7.60 Å². The normalized spacial score (nSPS) is 21.6. The van der Waals surface area contributed by atoms with Crippen LogP contribution in [0.15, 0.2) is 0 Å². The molecule has 1 atom stereocenters. The molecule has 1 rings (SSSR count). The Balaban J connectivity index is 2.83. The Hall–Kier alpha value is -0.0300. The van der Waals surface area contributed by atoms with Gasteiger partial charge in [0.25, 0.3) is 0 Å². The molecule has 0 radical (unpaired) electrons. The number of hydrogen-bond acceptors (Lipinski definition) is 4. The van der Waals surface area contributed by atoms with Gasteiger partial charge in [0.2, 0.25) is 0 Å². The van der Waals surface area contributed by atoms with Crippen LogP contribution in [-0.2, 0) is 18.3 Å². The van der Waals surface area contributed by atoms with Crippen molar-refractivity contribution < 1.29 is 27.1 Å². The molecule has 0 aliphatic carbocycles. The number of halogens is 2. The van der Waals surface area contributed by atoms with Crippen LogP contribution < -0.4 is 0 Å². The van der Waals surface area contributed by atoms with E-state index < -0.39 is 38.0 Å². The minimum absolute atomic E-state index is 0.473. The van der Waals surface area contributed by atoms with Gasteiger partial charge in [-0.1, -0.05) is 0 Å². The summed E-state index contributed by atoms with van der Waals surface area (Å²) >= 11 is 0. The first-order valence-electron chi connectivity index (χ1n) is 6.62. The first kappa shape index (κ1) is 17.0. The van der Waals surface area contributed by atoms with Crippen LogP contribution >= 0.6 is 7.60 Å². The monoisotopic (exact) mass is 300 g/mol. The second-order valence-corrected chi connectivity index (χ2v) is 7.38. The van der Waals surface area contributed by atoms with E-state index in [-0.39, 0.29) is 0 Å². The molecule has 1 fully saturated rings. The molecule has 1 saturated heterocycles. The Morgan fingerprint density at radius 2 is 1.79 bits per heavy atom. The zero-order valence-electron chi connectivity index (χ0n) is 11.9. The van der Waals surface area contributed by atoms with Gasteiger partial charge in [0.05, 0.1) is 18.3 Å². The molecule has 1 aliphatic heterocycles. The van der Waals surface area contributed by atoms with Crippen molar-refractivity contribution in [3.8, 4) is 0 Å². The summed E-state index contributed by atoms with van der Waals surface area (Å²) in [6, 6.07) is 0. The van der Waals surface area contributed by atoms with Crippen molar-refractivity contribution in [1.29, 1.82) is 0 Å². The molecule has 1 aliphatic rings. The van der Waals surface area contributed by atoms with Gasteiger partial charge in [-0.2, -0.15) is 8.78 Å². The summed E-state index contributed by atoms with van der Waals surface area (Å²) in [5.41, 5.74) is -3.53. The Bertz CT molecular complexity index is 314. The van der Waals surface area contributed by atoms with Crippen molar-refractivity contribution in [2.75, 3.05) is 6.61 Å². The van der Waals surface area contributed by atoms with E-state index in [2.05, 4.69) is 0 Å². The predicted molar refractivity (Wildman–Crippen MR) is 68.6 cm³/mol. The standard InChI is InChI=1S/C12H23F2O4P/c1-9(2)17-19(15,18-10(3)4)12(13,14)8-11-6-5-7-16-11/h9-11H,5-8H2,1-4H3. The second kappa shape index (κ2) is 6.61. The Morgan fingerprint density at radius 3 is 2.16 bits per heavy atom. The summed E-state index contributed by atoms with van der Waals surface area (Å²) in [5.74, 6) is 0. The minimum atomic E-state index is -4.50. The van der Waals surface area contributed by atoms with Gasteiger partial charge in [0.1, 0.15) is 0 Å². The van der Waals surface area contributed by atoms with Gasteiger partial charge >= 0.3 is 13.3 Å². The first-order chi connectivity index (χ1) is 8.66. The maximum Gasteiger partial charge on any atom is 0.400 e. The molecule has 0 amide bonds. The fourth-order valence-electron chi connectivity index (χ4n) is 1.93. The molecule has 0 N–H and O–H groups in total. The lowest BCUT2D eigenvalue weighted by Crippen LogP contribution is -2.28. The summed E-state index contributed by atoms with van der Waals surface area (Å²) in [4.78, 5) is 0. The van der Waals surface area contributed by atoms with Crippen molar-refractivity contribution in [3.05, 3.63) is 0 Å². The molecule has 0 saturated carbocycles. The highest BCUT2D eigenvalue weighted by atomic mass is 31.2. The molecule has 114 valence electrons. The second-order valence-electron chi connectivity index (χ2n) is 5.31. The van der Waals surface area contributed by atoms with Gasteiger partial charge in [0, 0.05) is 13.0 Å². The maximum absolute atomic E-state index is 14.3. The van der Waals surface area contributed by atoms with E-state index in [4.69, 9.17) is 13.8 Å². The maximum atomic E-state index is 14.3. The number of ether oxygens (including phenoxy) is 1. The van der Waals surface area contributed by atoms with E-state index in [1.807, 2.05) is 0 Å². The molecular formula is C12H23F2O4P. The highest BCUT2D eigenvalue weighted by molar-refractivity contribution is 7.55. The lowest BCUT2D eigenvalue weighted by atomic mass is 10.2. The summed E-state index contributed by atoms with van der Waals surface area (Å²) in [5, 5.41) is 0. The molecule has 0 aromatic rings. The molecule has 0 aromatic heterocycles. The van der Waals surface area contributed by atoms with Crippen LogP contribution in [0.5, 0.6) is 0 Å². The third-order valence-corrected chi connectivity index (χ3v) is 4.98. The van der Waals surface area contributed by atoms with Crippen LogP contribution in [0, 0.1) is 0 Å². The molecule has 0 aromatic carbocycles. The van der Waals surface area contributed by atoms with Crippen molar-refractivity contribution in [1.82, 2.24) is 0 Å². The van der Waals surface area contributed by atoms with Crippen molar-refractivity contribution in [2.24, 2.45) is 0 Å². The Labute approximate surface area is 113 Å². The Kier molecular flexibility index (Phi) is 5.93. The summed E-state index contributed by atoms with van der Waals surface area (Å²) < 4.78 is 56.0. The van der Waals surface area contributed by atoms with Crippen LogP contribution in [0.3, 0.4) is 0 Å². The first-order valence-corrected chi connectivity index (χ1v) is 8.17. The molecule has 1 heterocycles. The van der Waals surface area contributed by atoms with E-state index in [1.165, 1.54) is 0 Å². The zero-order chi connectivity index (χ0) is 14.7. The van der Waals surface area contributed by atoms with Gasteiger partial charge in [0.15, 0.2) is 0 Å². The van der Waals surface area contributed by atoms with Gasteiger partial charge in [-0.15, -0.1) is 0 Å². The molecular weight excluding hydrogens is 277 g/mol. The van der Waals surface area contributed by atoms with Crippen LogP contribution in [0.25, 0.3) is 0 Å². The Morgan fingerprint density at radius 1 is 1.26 bits per heavy atom. The van der Waals surface area contributed by atoms with Crippen LogP contribution in [0.1, 0.15) is 47.0 Å². The average Bonchev–Trinajstić information content (AvgIpc) is 2.66. The molecule has 19 heavy (non-hydrogen) atoms. The highest BCUT2D eigenvalue weighted by Crippen LogP contribution is 2.65. The van der Waals surface area contributed by atoms with Crippen molar-refractivity contribution in [3.63, 3.8) is 0 Å². The smallest absolute Gasteiger partial charge is 0.378 e. The zero-order valence-corrected chi connectivity index (χ0v) is 12.8. The third kappa shape index (κ3) is 4.78. The van der Waals surface area contributed by atoms with E-state index in [0.29, 0.717) is 13.0 Å². The van der Waals surface area contributed by atoms with Gasteiger partial charge in [-0.05, 0) is 40.5 Å². The molecule has 0 bridgehead atoms. The lowest BCUT2D eigenvalue weighted by Gasteiger charge is -2.30. The summed E-state index contributed by atoms with van der Waals surface area (Å²) in [6.07, 6.45) is -1.08. The van der Waals surface area contributed by atoms with Crippen LogP contribution in [0.4, 0.5) is 8.78 Å². The summed E-state index contributed by atoms with van der Waals surface area (Å²) in [7, 11) is -4.50. The van der Waals surface area contributed by atoms with Crippen LogP contribution in [-0.4, -0.2) is 30.6 Å². The third-order valence-electron chi connectivity index (χ3n) is 2.60. The molecule has 7 heteroatoms. The van der Waals surface area contributed by atoms with Gasteiger partial charge < -0.3 is 13.8 Å². The SMILES string of the molecule is CC(C)OP(=O)(OC(C)C)C(F)(F)CC1CCCO1. The van der Waals surface area contributed by atoms with E-state index in [9.17, 15) is 13.3 Å². The van der Waals surface area contributed by atoms with Crippen LogP contribution in [0.2, 0.25) is 0 Å². The largest absolute Gasteiger partial charge is 0.400 e. The average molecular weight is 300 g/mol. The molecule has 0 spiro atoms. The number of alkyl halides is 2.